The molecule has 3 N–H and O–H groups in total. The van der Waals surface area contributed by atoms with Crippen LogP contribution in [-0.4, -0.2) is 15.5 Å². The van der Waals surface area contributed by atoms with E-state index in [2.05, 4.69) is 10.4 Å². The molecule has 0 aliphatic carbocycles. The number of nitrogens with two attached hydrogens (primary N) is 1. The van der Waals surface area contributed by atoms with Gasteiger partial charge in [0.15, 0.2) is 0 Å². The normalized spacial score (nSPS) is 10.3. The molecule has 104 valence electrons. The Hall–Kier alpha value is -1.74. The highest BCUT2D eigenvalue weighted by molar-refractivity contribution is 14.1. The van der Waals surface area contributed by atoms with Crippen molar-refractivity contribution in [1.29, 1.82) is 0 Å². The highest BCUT2D eigenvalue weighted by Crippen LogP contribution is 2.11. The molecule has 1 aromatic heterocycles. The third-order valence-electron chi connectivity index (χ3n) is 2.93. The van der Waals surface area contributed by atoms with Gasteiger partial charge in [0.25, 0.3) is 11.5 Å². The Bertz CT molecular complexity index is 712. The van der Waals surface area contributed by atoms with Crippen molar-refractivity contribution in [1.82, 2.24) is 15.0 Å². The summed E-state index contributed by atoms with van der Waals surface area (Å²) in [6.45, 7) is 2.03. The average Bonchev–Trinajstić information content (AvgIpc) is 2.47. The van der Waals surface area contributed by atoms with Crippen LogP contribution in [0.15, 0.2) is 35.3 Å². The summed E-state index contributed by atoms with van der Waals surface area (Å²) in [5.74, 6) is 5.38. The largest absolute Gasteiger partial charge is 0.291 e. The SMILES string of the molecule is Cc1ncc(I)c(=O)n1Cc1ccccc1C(=O)NN. The maximum atomic E-state index is 12.1. The van der Waals surface area contributed by atoms with Crippen LogP contribution in [0.3, 0.4) is 0 Å². The lowest BCUT2D eigenvalue weighted by Crippen LogP contribution is -2.32. The van der Waals surface area contributed by atoms with Crippen LogP contribution in [0.5, 0.6) is 0 Å². The van der Waals surface area contributed by atoms with Crippen LogP contribution in [0.1, 0.15) is 21.7 Å². The first-order valence-electron chi connectivity index (χ1n) is 5.85. The first kappa shape index (κ1) is 14.7. The van der Waals surface area contributed by atoms with E-state index in [9.17, 15) is 9.59 Å². The maximum Gasteiger partial charge on any atom is 0.267 e. The van der Waals surface area contributed by atoms with Crippen molar-refractivity contribution < 1.29 is 4.79 Å². The van der Waals surface area contributed by atoms with Crippen molar-refractivity contribution in [2.24, 2.45) is 5.84 Å². The average molecular weight is 384 g/mol. The number of nitrogen functional groups attached to an aromatic ring is 1. The quantitative estimate of drug-likeness (QED) is 0.355. The molecule has 2 aromatic rings. The van der Waals surface area contributed by atoms with Gasteiger partial charge < -0.3 is 0 Å². The van der Waals surface area contributed by atoms with Crippen molar-refractivity contribution >= 4 is 28.5 Å². The van der Waals surface area contributed by atoms with Crippen LogP contribution in [-0.2, 0) is 6.54 Å². The van der Waals surface area contributed by atoms with Gasteiger partial charge in [-0.3, -0.25) is 19.6 Å². The number of rotatable bonds is 3. The number of hydrogen-bond donors (Lipinski definition) is 2. The van der Waals surface area contributed by atoms with Crippen molar-refractivity contribution in [3.05, 3.63) is 61.3 Å². The van der Waals surface area contributed by atoms with Gasteiger partial charge in [0.05, 0.1) is 10.1 Å². The highest BCUT2D eigenvalue weighted by Gasteiger charge is 2.12. The van der Waals surface area contributed by atoms with E-state index in [1.807, 2.05) is 28.7 Å². The molecule has 0 fully saturated rings. The lowest BCUT2D eigenvalue weighted by molar-refractivity contribution is 0.0952. The summed E-state index contributed by atoms with van der Waals surface area (Å²) < 4.78 is 2.07. The zero-order chi connectivity index (χ0) is 14.7. The fraction of sp³-hybridized carbons (Fsp3) is 0.154. The number of nitrogens with one attached hydrogen (secondary N) is 1. The summed E-state index contributed by atoms with van der Waals surface area (Å²) >= 11 is 1.94. The molecule has 6 nitrogen and oxygen atoms in total. The second kappa shape index (κ2) is 6.14. The number of aryl methyl sites for hydroxylation is 1. The lowest BCUT2D eigenvalue weighted by atomic mass is 10.1. The lowest BCUT2D eigenvalue weighted by Gasteiger charge is -2.12. The van der Waals surface area contributed by atoms with Crippen molar-refractivity contribution in [3.63, 3.8) is 0 Å². The molecule has 2 rings (SSSR count). The van der Waals surface area contributed by atoms with Gasteiger partial charge in [-0.25, -0.2) is 10.8 Å². The van der Waals surface area contributed by atoms with E-state index < -0.39 is 0 Å². The Kier molecular flexibility index (Phi) is 4.50. The van der Waals surface area contributed by atoms with Crippen LogP contribution < -0.4 is 16.8 Å². The monoisotopic (exact) mass is 384 g/mol. The van der Waals surface area contributed by atoms with Gasteiger partial charge in [0.1, 0.15) is 5.82 Å². The van der Waals surface area contributed by atoms with Crippen LogP contribution in [0.25, 0.3) is 0 Å². The van der Waals surface area contributed by atoms with E-state index in [4.69, 9.17) is 5.84 Å². The molecular formula is C13H13IN4O2. The Morgan fingerprint density at radius 2 is 2.15 bits per heavy atom. The molecule has 1 heterocycles. The van der Waals surface area contributed by atoms with E-state index in [1.165, 1.54) is 10.8 Å². The molecule has 0 radical (unpaired) electrons. The number of benzene rings is 1. The number of nitrogens with zero attached hydrogens (tertiary/aromatic N) is 2. The topological polar surface area (TPSA) is 90.0 Å². The van der Waals surface area contributed by atoms with E-state index >= 15 is 0 Å². The Labute approximate surface area is 129 Å². The molecule has 0 saturated carbocycles. The number of hydrazine groups is 1. The van der Waals surface area contributed by atoms with Gasteiger partial charge in [-0.2, -0.15) is 0 Å². The number of amides is 1. The van der Waals surface area contributed by atoms with Crippen molar-refractivity contribution in [2.75, 3.05) is 0 Å². The minimum atomic E-state index is -0.384. The van der Waals surface area contributed by atoms with Crippen LogP contribution in [0, 0.1) is 10.5 Å². The van der Waals surface area contributed by atoms with E-state index in [0.717, 1.165) is 0 Å². The van der Waals surface area contributed by atoms with Gasteiger partial charge in [0.2, 0.25) is 0 Å². The van der Waals surface area contributed by atoms with Gasteiger partial charge in [-0.15, -0.1) is 0 Å². The number of aromatic nitrogens is 2. The van der Waals surface area contributed by atoms with Gasteiger partial charge in [0, 0.05) is 11.8 Å². The van der Waals surface area contributed by atoms with E-state index in [1.54, 1.807) is 25.1 Å². The molecular weight excluding hydrogens is 371 g/mol. The molecule has 0 aliphatic rings. The van der Waals surface area contributed by atoms with Gasteiger partial charge in [-0.1, -0.05) is 18.2 Å². The highest BCUT2D eigenvalue weighted by atomic mass is 127. The molecule has 7 heteroatoms. The summed E-state index contributed by atoms with van der Waals surface area (Å²) in [5.41, 5.74) is 3.14. The minimum absolute atomic E-state index is 0.124. The van der Waals surface area contributed by atoms with Crippen molar-refractivity contribution in [3.8, 4) is 0 Å². The fourth-order valence-corrected chi connectivity index (χ4v) is 2.30. The first-order valence-corrected chi connectivity index (χ1v) is 6.93. The number of carbonyl (C=O) groups is 1. The molecule has 0 unspecified atom stereocenters. The second-order valence-corrected chi connectivity index (χ2v) is 5.34. The molecule has 20 heavy (non-hydrogen) atoms. The Morgan fingerprint density at radius 3 is 2.85 bits per heavy atom. The van der Waals surface area contributed by atoms with Gasteiger partial charge in [-0.05, 0) is 41.1 Å². The van der Waals surface area contributed by atoms with Gasteiger partial charge >= 0.3 is 0 Å². The fourth-order valence-electron chi connectivity index (χ4n) is 1.86. The molecule has 0 saturated heterocycles. The Morgan fingerprint density at radius 1 is 1.45 bits per heavy atom. The molecule has 0 bridgehead atoms. The first-order chi connectivity index (χ1) is 9.54. The predicted octanol–water partition coefficient (Wildman–Crippen LogP) is 0.808. The van der Waals surface area contributed by atoms with Crippen molar-refractivity contribution in [2.45, 2.75) is 13.5 Å². The van der Waals surface area contributed by atoms with E-state index in [0.29, 0.717) is 20.5 Å². The summed E-state index contributed by atoms with van der Waals surface area (Å²) in [5, 5.41) is 0. The molecule has 1 aromatic carbocycles. The molecule has 0 atom stereocenters. The summed E-state index contributed by atoms with van der Waals surface area (Å²) in [6, 6.07) is 7.01. The van der Waals surface area contributed by atoms with Crippen LogP contribution >= 0.6 is 22.6 Å². The molecule has 1 amide bonds. The second-order valence-electron chi connectivity index (χ2n) is 4.18. The predicted molar refractivity (Wildman–Crippen MR) is 83.1 cm³/mol. The molecule has 0 aliphatic heterocycles. The summed E-state index contributed by atoms with van der Waals surface area (Å²) in [7, 11) is 0. The molecule has 0 spiro atoms. The third kappa shape index (κ3) is 2.88. The standard InChI is InChI=1S/C13H13IN4O2/c1-8-16-6-11(14)13(20)18(8)7-9-4-2-3-5-10(9)12(19)17-15/h2-6H,7,15H2,1H3,(H,17,19). The summed E-state index contributed by atoms with van der Waals surface area (Å²) in [6.07, 6.45) is 1.53. The zero-order valence-corrected chi connectivity index (χ0v) is 12.9. The van der Waals surface area contributed by atoms with E-state index in [-0.39, 0.29) is 18.0 Å². The third-order valence-corrected chi connectivity index (χ3v) is 3.67. The summed E-state index contributed by atoms with van der Waals surface area (Å²) in [4.78, 5) is 28.0. The smallest absolute Gasteiger partial charge is 0.267 e. The number of carbonyl (C=O) groups excluding carboxylic acids is 1. The maximum absolute atomic E-state index is 12.1. The number of hydrogen-bond acceptors (Lipinski definition) is 4. The van der Waals surface area contributed by atoms with Crippen LogP contribution in [0.4, 0.5) is 0 Å². The van der Waals surface area contributed by atoms with Crippen LogP contribution in [0.2, 0.25) is 0 Å². The minimum Gasteiger partial charge on any atom is -0.291 e. The Balaban J connectivity index is 2.49. The zero-order valence-electron chi connectivity index (χ0n) is 10.8. The number of halogens is 1.